The molecule has 86 valence electrons. The molecule has 0 nitrogen and oxygen atoms in total. The van der Waals surface area contributed by atoms with Gasteiger partial charge in [-0.25, -0.2) is 0 Å². The molecule has 1 aliphatic carbocycles. The van der Waals surface area contributed by atoms with Crippen LogP contribution in [0.1, 0.15) is 79.6 Å². The molecule has 0 radical (unpaired) electrons. The Balaban J connectivity index is 0.000000500. The predicted molar refractivity (Wildman–Crippen MR) is 66.6 cm³/mol. The van der Waals surface area contributed by atoms with Crippen molar-refractivity contribution < 1.29 is 0 Å². The van der Waals surface area contributed by atoms with Crippen molar-refractivity contribution in [3.63, 3.8) is 0 Å². The number of hydrogen-bond donors (Lipinski definition) is 0. The Kier molecular flexibility index (Phi) is 7.31. The van der Waals surface area contributed by atoms with Gasteiger partial charge in [0.1, 0.15) is 0 Å². The van der Waals surface area contributed by atoms with Crippen molar-refractivity contribution >= 4 is 0 Å². The van der Waals surface area contributed by atoms with E-state index in [2.05, 4.69) is 34.6 Å². The van der Waals surface area contributed by atoms with Gasteiger partial charge in [0.25, 0.3) is 0 Å². The van der Waals surface area contributed by atoms with Crippen LogP contribution < -0.4 is 0 Å². The molecule has 0 N–H and O–H groups in total. The summed E-state index contributed by atoms with van der Waals surface area (Å²) in [6.07, 6.45) is 9.95. The third-order valence-corrected chi connectivity index (χ3v) is 3.74. The van der Waals surface area contributed by atoms with Gasteiger partial charge in [-0.2, -0.15) is 0 Å². The topological polar surface area (TPSA) is 0 Å². The smallest absolute Gasteiger partial charge is 0.0328 e. The molecule has 0 heterocycles. The highest BCUT2D eigenvalue weighted by Crippen LogP contribution is 2.41. The minimum Gasteiger partial charge on any atom is -0.0656 e. The predicted octanol–water partition coefficient (Wildman–Crippen LogP) is 5.42. The Labute approximate surface area is 91.5 Å². The molecular formula is C14H30. The Bertz CT molecular complexity index is 118. The van der Waals surface area contributed by atoms with Crippen LogP contribution in [0.25, 0.3) is 0 Å². The summed E-state index contributed by atoms with van der Waals surface area (Å²) in [7, 11) is 0. The maximum Gasteiger partial charge on any atom is -0.0328 e. The van der Waals surface area contributed by atoms with E-state index in [1.54, 1.807) is 0 Å². The van der Waals surface area contributed by atoms with Crippen LogP contribution in [0.5, 0.6) is 0 Å². The van der Waals surface area contributed by atoms with Crippen LogP contribution in [0.15, 0.2) is 0 Å². The second kappa shape index (κ2) is 7.31. The van der Waals surface area contributed by atoms with Crippen LogP contribution >= 0.6 is 0 Å². The molecule has 0 aromatic carbocycles. The molecule has 0 amide bonds. The van der Waals surface area contributed by atoms with Gasteiger partial charge in [0, 0.05) is 0 Å². The molecule has 0 saturated heterocycles. The van der Waals surface area contributed by atoms with Gasteiger partial charge in [0.15, 0.2) is 0 Å². The fourth-order valence-corrected chi connectivity index (χ4v) is 2.14. The Morgan fingerprint density at radius 2 is 1.43 bits per heavy atom. The van der Waals surface area contributed by atoms with Crippen molar-refractivity contribution in [3.8, 4) is 0 Å². The number of rotatable bonds is 2. The standard InChI is InChI=1S/C11H22.C3H8/c1-4-10-6-8-11(3,5-2)9-7-10;1-3-2/h10H,4-9H2,1-3H3;3H2,1-2H3. The Hall–Kier alpha value is 0. The second-order valence-corrected chi connectivity index (χ2v) is 5.22. The Morgan fingerprint density at radius 1 is 1.00 bits per heavy atom. The summed E-state index contributed by atoms with van der Waals surface area (Å²) in [4.78, 5) is 0. The zero-order valence-electron chi connectivity index (χ0n) is 11.0. The van der Waals surface area contributed by atoms with Crippen molar-refractivity contribution in [1.29, 1.82) is 0 Å². The highest BCUT2D eigenvalue weighted by molar-refractivity contribution is 4.80. The lowest BCUT2D eigenvalue weighted by Gasteiger charge is -2.36. The van der Waals surface area contributed by atoms with Crippen LogP contribution in [0.2, 0.25) is 0 Å². The summed E-state index contributed by atoms with van der Waals surface area (Å²) in [6, 6.07) is 0. The maximum atomic E-state index is 2.46. The normalized spacial score (nSPS) is 31.9. The largest absolute Gasteiger partial charge is 0.0656 e. The van der Waals surface area contributed by atoms with E-state index in [4.69, 9.17) is 0 Å². The zero-order chi connectivity index (χ0) is 11.0. The van der Waals surface area contributed by atoms with Gasteiger partial charge in [-0.3, -0.25) is 0 Å². The quantitative estimate of drug-likeness (QED) is 0.556. The lowest BCUT2D eigenvalue weighted by Crippen LogP contribution is -2.23. The highest BCUT2D eigenvalue weighted by Gasteiger charge is 2.28. The summed E-state index contributed by atoms with van der Waals surface area (Å²) in [5, 5.41) is 0. The van der Waals surface area contributed by atoms with Crippen molar-refractivity contribution in [3.05, 3.63) is 0 Å². The first kappa shape index (κ1) is 14.0. The summed E-state index contributed by atoms with van der Waals surface area (Å²) >= 11 is 0. The zero-order valence-corrected chi connectivity index (χ0v) is 11.0. The molecule has 0 aromatic heterocycles. The lowest BCUT2D eigenvalue weighted by atomic mass is 9.70. The molecule has 1 aliphatic rings. The van der Waals surface area contributed by atoms with Crippen molar-refractivity contribution in [2.75, 3.05) is 0 Å². The molecule has 0 bridgehead atoms. The molecule has 0 unspecified atom stereocenters. The van der Waals surface area contributed by atoms with E-state index in [0.717, 1.165) is 5.92 Å². The minimum absolute atomic E-state index is 0.700. The molecule has 1 fully saturated rings. The van der Waals surface area contributed by atoms with Gasteiger partial charge in [-0.1, -0.05) is 53.9 Å². The number of hydrogen-bond acceptors (Lipinski definition) is 0. The monoisotopic (exact) mass is 198 g/mol. The van der Waals surface area contributed by atoms with Gasteiger partial charge >= 0.3 is 0 Å². The Morgan fingerprint density at radius 3 is 1.71 bits per heavy atom. The molecular weight excluding hydrogens is 168 g/mol. The SMILES string of the molecule is CCC.CCC1CCC(C)(CC)CC1. The van der Waals surface area contributed by atoms with Crippen molar-refractivity contribution in [2.45, 2.75) is 79.6 Å². The van der Waals surface area contributed by atoms with E-state index >= 15 is 0 Å². The van der Waals surface area contributed by atoms with Gasteiger partial charge in [0.05, 0.1) is 0 Å². The first-order valence-electron chi connectivity index (χ1n) is 6.61. The molecule has 0 aromatic rings. The lowest BCUT2D eigenvalue weighted by molar-refractivity contribution is 0.161. The third kappa shape index (κ3) is 5.02. The van der Waals surface area contributed by atoms with Crippen LogP contribution in [0.4, 0.5) is 0 Å². The second-order valence-electron chi connectivity index (χ2n) is 5.22. The average Bonchev–Trinajstić information content (AvgIpc) is 2.20. The fourth-order valence-electron chi connectivity index (χ4n) is 2.14. The van der Waals surface area contributed by atoms with Crippen LogP contribution in [0, 0.1) is 11.3 Å². The molecule has 1 rings (SSSR count). The molecule has 0 spiro atoms. The minimum atomic E-state index is 0.700. The van der Waals surface area contributed by atoms with E-state index in [0.29, 0.717) is 5.41 Å². The molecule has 14 heavy (non-hydrogen) atoms. The van der Waals surface area contributed by atoms with Crippen molar-refractivity contribution in [1.82, 2.24) is 0 Å². The highest BCUT2D eigenvalue weighted by atomic mass is 14.3. The van der Waals surface area contributed by atoms with Crippen LogP contribution in [-0.2, 0) is 0 Å². The van der Waals surface area contributed by atoms with Gasteiger partial charge in [0.2, 0.25) is 0 Å². The van der Waals surface area contributed by atoms with E-state index in [-0.39, 0.29) is 0 Å². The van der Waals surface area contributed by atoms with Gasteiger partial charge in [-0.15, -0.1) is 0 Å². The van der Waals surface area contributed by atoms with Crippen molar-refractivity contribution in [2.24, 2.45) is 11.3 Å². The molecule has 0 atom stereocenters. The summed E-state index contributed by atoms with van der Waals surface area (Å²) in [5.74, 6) is 1.05. The maximum absolute atomic E-state index is 2.46. The first-order chi connectivity index (χ1) is 6.61. The molecule has 0 aliphatic heterocycles. The van der Waals surface area contributed by atoms with E-state index < -0.39 is 0 Å². The van der Waals surface area contributed by atoms with Gasteiger partial charge < -0.3 is 0 Å². The molecule has 0 heteroatoms. The van der Waals surface area contributed by atoms with Crippen LogP contribution in [0.3, 0.4) is 0 Å². The summed E-state index contributed by atoms with van der Waals surface area (Å²) < 4.78 is 0. The van der Waals surface area contributed by atoms with E-state index in [1.807, 2.05) is 0 Å². The first-order valence-corrected chi connectivity index (χ1v) is 6.61. The van der Waals surface area contributed by atoms with Gasteiger partial charge in [-0.05, 0) is 37.0 Å². The average molecular weight is 198 g/mol. The van der Waals surface area contributed by atoms with E-state index in [1.165, 1.54) is 44.9 Å². The van der Waals surface area contributed by atoms with E-state index in [9.17, 15) is 0 Å². The third-order valence-electron chi connectivity index (χ3n) is 3.74. The summed E-state index contributed by atoms with van der Waals surface area (Å²) in [6.45, 7) is 11.4. The van der Waals surface area contributed by atoms with Crippen LogP contribution in [-0.4, -0.2) is 0 Å². The summed E-state index contributed by atoms with van der Waals surface area (Å²) in [5.41, 5.74) is 0.700. The fraction of sp³-hybridized carbons (Fsp3) is 1.00. The molecule has 1 saturated carbocycles.